The molecular weight excluding hydrogens is 428 g/mol. The van der Waals surface area contributed by atoms with E-state index in [2.05, 4.69) is 20.2 Å². The molecule has 10 heteroatoms. The van der Waals surface area contributed by atoms with E-state index in [1.807, 2.05) is 4.90 Å². The van der Waals surface area contributed by atoms with Crippen LogP contribution in [0.3, 0.4) is 0 Å². The number of para-hydroxylation sites is 1. The number of halogens is 2. The standard InChI is InChI=1S/C23H19F2N7O/c24-17-4-2-6-19(32-27-7-8-28-32)20(17)22(33)30-10-15-12-31(13-16(15)11-30)23-26-9-14-3-1-5-18(25)21(14)29-23/h1-9,15-16H,10-13H2. The Morgan fingerprint density at radius 1 is 0.909 bits per heavy atom. The molecule has 0 N–H and O–H groups in total. The zero-order valence-corrected chi connectivity index (χ0v) is 17.5. The molecule has 2 aromatic heterocycles. The molecule has 33 heavy (non-hydrogen) atoms. The van der Waals surface area contributed by atoms with Crippen molar-refractivity contribution in [3.05, 3.63) is 72.2 Å². The van der Waals surface area contributed by atoms with Crippen LogP contribution in [-0.2, 0) is 0 Å². The Hall–Kier alpha value is -3.95. The highest BCUT2D eigenvalue weighted by Crippen LogP contribution is 2.34. The van der Waals surface area contributed by atoms with E-state index in [0.29, 0.717) is 48.7 Å². The van der Waals surface area contributed by atoms with Gasteiger partial charge >= 0.3 is 0 Å². The van der Waals surface area contributed by atoms with Crippen molar-refractivity contribution in [2.45, 2.75) is 0 Å². The Balaban J connectivity index is 1.21. The van der Waals surface area contributed by atoms with E-state index in [9.17, 15) is 13.6 Å². The van der Waals surface area contributed by atoms with Crippen LogP contribution in [-0.4, -0.2) is 61.9 Å². The predicted molar refractivity (Wildman–Crippen MR) is 116 cm³/mol. The van der Waals surface area contributed by atoms with Crippen LogP contribution in [0.1, 0.15) is 10.4 Å². The Bertz CT molecular complexity index is 1350. The number of aromatic nitrogens is 5. The van der Waals surface area contributed by atoms with Gasteiger partial charge in [0.15, 0.2) is 0 Å². The Kier molecular flexibility index (Phi) is 4.53. The second-order valence-corrected chi connectivity index (χ2v) is 8.44. The molecule has 0 spiro atoms. The lowest BCUT2D eigenvalue weighted by Gasteiger charge is -2.23. The van der Waals surface area contributed by atoms with Gasteiger partial charge in [-0.3, -0.25) is 4.79 Å². The average Bonchev–Trinajstić information content (AvgIpc) is 3.55. The van der Waals surface area contributed by atoms with Gasteiger partial charge in [-0.15, -0.1) is 0 Å². The first-order chi connectivity index (χ1) is 16.1. The number of hydrogen-bond acceptors (Lipinski definition) is 6. The van der Waals surface area contributed by atoms with Crippen molar-refractivity contribution in [3.8, 4) is 5.69 Å². The molecule has 2 aliphatic heterocycles. The Morgan fingerprint density at radius 3 is 2.36 bits per heavy atom. The quantitative estimate of drug-likeness (QED) is 0.481. The van der Waals surface area contributed by atoms with Gasteiger partial charge in [-0.25, -0.2) is 18.7 Å². The number of carbonyl (C=O) groups excluding carboxylic acids is 1. The van der Waals surface area contributed by atoms with E-state index < -0.39 is 5.82 Å². The maximum Gasteiger partial charge on any atom is 0.259 e. The molecule has 0 bridgehead atoms. The van der Waals surface area contributed by atoms with Gasteiger partial charge in [-0.2, -0.15) is 15.0 Å². The van der Waals surface area contributed by atoms with Gasteiger partial charge in [0.2, 0.25) is 5.95 Å². The number of rotatable bonds is 3. The van der Waals surface area contributed by atoms with Crippen LogP contribution >= 0.6 is 0 Å². The average molecular weight is 447 g/mol. The lowest BCUT2D eigenvalue weighted by molar-refractivity contribution is 0.0777. The van der Waals surface area contributed by atoms with E-state index in [1.54, 1.807) is 29.3 Å². The molecule has 4 aromatic rings. The number of nitrogens with zero attached hydrogens (tertiary/aromatic N) is 7. The third kappa shape index (κ3) is 3.29. The van der Waals surface area contributed by atoms with Crippen molar-refractivity contribution >= 4 is 22.8 Å². The van der Waals surface area contributed by atoms with Gasteiger partial charge in [0.25, 0.3) is 5.91 Å². The fraction of sp³-hybridized carbons (Fsp3) is 0.261. The minimum atomic E-state index is -0.597. The number of carbonyl (C=O) groups is 1. The minimum Gasteiger partial charge on any atom is -0.340 e. The molecular formula is C23H19F2N7O. The van der Waals surface area contributed by atoms with Crippen molar-refractivity contribution in [1.29, 1.82) is 0 Å². The monoisotopic (exact) mass is 447 g/mol. The van der Waals surface area contributed by atoms with Crippen LogP contribution in [0.5, 0.6) is 0 Å². The number of benzene rings is 2. The molecule has 8 nitrogen and oxygen atoms in total. The highest BCUT2D eigenvalue weighted by molar-refractivity contribution is 5.98. The summed E-state index contributed by atoms with van der Waals surface area (Å²) in [4.78, 5) is 27.1. The molecule has 2 fully saturated rings. The summed E-state index contributed by atoms with van der Waals surface area (Å²) in [5.74, 6) is -0.454. The lowest BCUT2D eigenvalue weighted by Crippen LogP contribution is -2.34. The third-order valence-electron chi connectivity index (χ3n) is 6.44. The number of likely N-dealkylation sites (tertiary alicyclic amines) is 1. The van der Waals surface area contributed by atoms with E-state index >= 15 is 0 Å². The zero-order chi connectivity index (χ0) is 22.5. The fourth-order valence-electron chi connectivity index (χ4n) is 4.87. The summed E-state index contributed by atoms with van der Waals surface area (Å²) in [5.41, 5.74) is 0.588. The largest absolute Gasteiger partial charge is 0.340 e. The summed E-state index contributed by atoms with van der Waals surface area (Å²) >= 11 is 0. The van der Waals surface area contributed by atoms with Crippen molar-refractivity contribution in [2.24, 2.45) is 11.8 Å². The van der Waals surface area contributed by atoms with Crippen LogP contribution in [0.15, 0.2) is 55.0 Å². The highest BCUT2D eigenvalue weighted by atomic mass is 19.1. The van der Waals surface area contributed by atoms with Crippen LogP contribution in [0, 0.1) is 23.5 Å². The number of fused-ring (bicyclic) bond motifs is 2. The molecule has 4 heterocycles. The van der Waals surface area contributed by atoms with Gasteiger partial charge in [0.05, 0.1) is 12.4 Å². The van der Waals surface area contributed by atoms with E-state index in [-0.39, 0.29) is 29.1 Å². The van der Waals surface area contributed by atoms with E-state index in [1.165, 1.54) is 35.4 Å². The second kappa shape index (κ2) is 7.58. The molecule has 2 aromatic carbocycles. The molecule has 2 unspecified atom stereocenters. The van der Waals surface area contributed by atoms with Gasteiger partial charge in [0.1, 0.15) is 28.4 Å². The molecule has 6 rings (SSSR count). The van der Waals surface area contributed by atoms with Crippen LogP contribution in [0.25, 0.3) is 16.6 Å². The first kappa shape index (κ1) is 19.7. The summed E-state index contributed by atoms with van der Waals surface area (Å²) in [7, 11) is 0. The number of amides is 1. The summed E-state index contributed by atoms with van der Waals surface area (Å²) in [5, 5.41) is 8.75. The van der Waals surface area contributed by atoms with Crippen molar-refractivity contribution in [3.63, 3.8) is 0 Å². The predicted octanol–water partition coefficient (Wildman–Crippen LogP) is 2.70. The first-order valence-electron chi connectivity index (χ1n) is 10.7. The zero-order valence-electron chi connectivity index (χ0n) is 17.5. The number of hydrogen-bond donors (Lipinski definition) is 0. The van der Waals surface area contributed by atoms with Crippen LogP contribution in [0.4, 0.5) is 14.7 Å². The molecule has 1 amide bonds. The summed E-state index contributed by atoms with van der Waals surface area (Å²) in [6.07, 6.45) is 4.59. The molecule has 0 saturated carbocycles. The van der Waals surface area contributed by atoms with Crippen LogP contribution < -0.4 is 4.90 Å². The maximum atomic E-state index is 14.7. The second-order valence-electron chi connectivity index (χ2n) is 8.44. The Labute approximate surface area is 187 Å². The minimum absolute atomic E-state index is 0.0288. The normalized spacial score (nSPS) is 19.9. The first-order valence-corrected chi connectivity index (χ1v) is 10.7. The smallest absolute Gasteiger partial charge is 0.259 e. The molecule has 0 aliphatic carbocycles. The van der Waals surface area contributed by atoms with Gasteiger partial charge < -0.3 is 9.80 Å². The summed E-state index contributed by atoms with van der Waals surface area (Å²) in [6.45, 7) is 2.31. The van der Waals surface area contributed by atoms with Gasteiger partial charge in [-0.1, -0.05) is 18.2 Å². The summed E-state index contributed by atoms with van der Waals surface area (Å²) in [6, 6.07) is 9.24. The molecule has 2 saturated heterocycles. The van der Waals surface area contributed by atoms with E-state index in [4.69, 9.17) is 0 Å². The topological polar surface area (TPSA) is 80.0 Å². The molecule has 2 aliphatic rings. The van der Waals surface area contributed by atoms with Crippen molar-refractivity contribution in [1.82, 2.24) is 29.9 Å². The van der Waals surface area contributed by atoms with E-state index in [0.717, 1.165) is 0 Å². The van der Waals surface area contributed by atoms with Gasteiger partial charge in [-0.05, 0) is 18.2 Å². The highest BCUT2D eigenvalue weighted by Gasteiger charge is 2.43. The third-order valence-corrected chi connectivity index (χ3v) is 6.44. The molecule has 166 valence electrons. The molecule has 2 atom stereocenters. The Morgan fingerprint density at radius 2 is 1.61 bits per heavy atom. The lowest BCUT2D eigenvalue weighted by atomic mass is 10.0. The SMILES string of the molecule is O=C(c1c(F)cccc1-n1nccn1)N1CC2CN(c3ncc4cccc(F)c4n3)CC2C1. The number of anilines is 1. The fourth-order valence-corrected chi connectivity index (χ4v) is 4.87. The van der Waals surface area contributed by atoms with Crippen molar-refractivity contribution in [2.75, 3.05) is 31.1 Å². The van der Waals surface area contributed by atoms with Gasteiger partial charge in [0, 0.05) is 49.6 Å². The van der Waals surface area contributed by atoms with Crippen molar-refractivity contribution < 1.29 is 13.6 Å². The molecule has 0 radical (unpaired) electrons. The maximum absolute atomic E-state index is 14.7. The summed E-state index contributed by atoms with van der Waals surface area (Å²) < 4.78 is 28.9. The van der Waals surface area contributed by atoms with Crippen LogP contribution in [0.2, 0.25) is 0 Å².